The highest BCUT2D eigenvalue weighted by molar-refractivity contribution is 6.30. The van der Waals surface area contributed by atoms with Gasteiger partial charge in [-0.3, -0.25) is 0 Å². The summed E-state index contributed by atoms with van der Waals surface area (Å²) in [6.45, 7) is 6.69. The van der Waals surface area contributed by atoms with E-state index in [-0.39, 0.29) is 11.5 Å². The molecule has 3 heteroatoms. The minimum atomic E-state index is 0.141. The standard InChI is InChI=1S/C17H21ClN2/c1-11-8-12(18)4-5-15(11)20-7-6-13-14(19)9-17(2,3)10-16(13)20/h4-8,14H,9-10,19H2,1-3H3. The van der Waals surface area contributed by atoms with Gasteiger partial charge in [0.1, 0.15) is 0 Å². The van der Waals surface area contributed by atoms with Crippen LogP contribution in [0.15, 0.2) is 30.5 Å². The van der Waals surface area contributed by atoms with E-state index in [2.05, 4.69) is 43.7 Å². The molecule has 0 aliphatic heterocycles. The van der Waals surface area contributed by atoms with Crippen LogP contribution in [0, 0.1) is 12.3 Å². The van der Waals surface area contributed by atoms with Gasteiger partial charge in [-0.1, -0.05) is 25.4 Å². The number of nitrogens with zero attached hydrogens (tertiary/aromatic N) is 1. The Labute approximate surface area is 125 Å². The largest absolute Gasteiger partial charge is 0.324 e. The van der Waals surface area contributed by atoms with Gasteiger partial charge in [0, 0.05) is 28.6 Å². The van der Waals surface area contributed by atoms with Crippen molar-refractivity contribution >= 4 is 11.6 Å². The van der Waals surface area contributed by atoms with Crippen molar-refractivity contribution in [3.05, 3.63) is 52.3 Å². The minimum Gasteiger partial charge on any atom is -0.324 e. The van der Waals surface area contributed by atoms with Gasteiger partial charge in [0.15, 0.2) is 0 Å². The van der Waals surface area contributed by atoms with Crippen molar-refractivity contribution in [3.63, 3.8) is 0 Å². The first kappa shape index (κ1) is 13.7. The molecule has 0 saturated carbocycles. The molecule has 0 amide bonds. The zero-order valence-electron chi connectivity index (χ0n) is 12.3. The van der Waals surface area contributed by atoms with Crippen molar-refractivity contribution in [3.8, 4) is 5.69 Å². The monoisotopic (exact) mass is 288 g/mol. The maximum Gasteiger partial charge on any atom is 0.0482 e. The summed E-state index contributed by atoms with van der Waals surface area (Å²) in [5.41, 5.74) is 11.6. The Kier molecular flexibility index (Phi) is 3.19. The van der Waals surface area contributed by atoms with Crippen LogP contribution in [0.5, 0.6) is 0 Å². The lowest BCUT2D eigenvalue weighted by Gasteiger charge is -2.34. The summed E-state index contributed by atoms with van der Waals surface area (Å²) in [4.78, 5) is 0. The molecule has 2 aromatic rings. The van der Waals surface area contributed by atoms with Crippen molar-refractivity contribution in [2.75, 3.05) is 0 Å². The van der Waals surface area contributed by atoms with Crippen LogP contribution < -0.4 is 5.73 Å². The molecule has 0 spiro atoms. The molecule has 106 valence electrons. The van der Waals surface area contributed by atoms with Crippen molar-refractivity contribution in [2.45, 2.75) is 39.7 Å². The molecule has 20 heavy (non-hydrogen) atoms. The first-order chi connectivity index (χ1) is 9.37. The number of aromatic nitrogens is 1. The van der Waals surface area contributed by atoms with E-state index in [0.29, 0.717) is 0 Å². The lowest BCUT2D eigenvalue weighted by atomic mass is 9.74. The number of aryl methyl sites for hydroxylation is 1. The van der Waals surface area contributed by atoms with E-state index >= 15 is 0 Å². The van der Waals surface area contributed by atoms with Gasteiger partial charge < -0.3 is 10.3 Å². The number of fused-ring (bicyclic) bond motifs is 1. The second-order valence-electron chi connectivity index (χ2n) is 6.67. The molecule has 0 fully saturated rings. The summed E-state index contributed by atoms with van der Waals surface area (Å²) in [7, 11) is 0. The quantitative estimate of drug-likeness (QED) is 0.828. The topological polar surface area (TPSA) is 30.9 Å². The van der Waals surface area contributed by atoms with Gasteiger partial charge in [-0.25, -0.2) is 0 Å². The molecule has 1 atom stereocenters. The summed E-state index contributed by atoms with van der Waals surface area (Å²) in [6, 6.07) is 8.36. The van der Waals surface area contributed by atoms with Gasteiger partial charge in [0.2, 0.25) is 0 Å². The fourth-order valence-corrected chi connectivity index (χ4v) is 3.58. The highest BCUT2D eigenvalue weighted by atomic mass is 35.5. The Bertz CT molecular complexity index is 655. The lowest BCUT2D eigenvalue weighted by molar-refractivity contribution is 0.278. The smallest absolute Gasteiger partial charge is 0.0482 e. The molecule has 1 unspecified atom stereocenters. The first-order valence-electron chi connectivity index (χ1n) is 7.10. The molecular formula is C17H21ClN2. The minimum absolute atomic E-state index is 0.141. The van der Waals surface area contributed by atoms with E-state index in [1.54, 1.807) is 0 Å². The van der Waals surface area contributed by atoms with E-state index < -0.39 is 0 Å². The molecule has 1 aromatic heterocycles. The molecular weight excluding hydrogens is 268 g/mol. The summed E-state index contributed by atoms with van der Waals surface area (Å²) >= 11 is 6.06. The van der Waals surface area contributed by atoms with Crippen molar-refractivity contribution in [1.29, 1.82) is 0 Å². The summed E-state index contributed by atoms with van der Waals surface area (Å²) in [5, 5.41) is 0.782. The molecule has 3 rings (SSSR count). The second kappa shape index (κ2) is 4.64. The number of benzene rings is 1. The van der Waals surface area contributed by atoms with E-state index in [1.165, 1.54) is 22.5 Å². The average Bonchev–Trinajstić information content (AvgIpc) is 2.71. The number of halogens is 1. The third-order valence-corrected chi connectivity index (χ3v) is 4.50. The Balaban J connectivity index is 2.13. The van der Waals surface area contributed by atoms with E-state index in [9.17, 15) is 0 Å². The Morgan fingerprint density at radius 3 is 2.75 bits per heavy atom. The van der Waals surface area contributed by atoms with Crippen LogP contribution in [0.3, 0.4) is 0 Å². The number of hydrogen-bond acceptors (Lipinski definition) is 1. The van der Waals surface area contributed by atoms with Crippen molar-refractivity contribution in [2.24, 2.45) is 11.1 Å². The molecule has 1 heterocycles. The predicted octanol–water partition coefficient (Wildman–Crippen LogP) is 4.41. The molecule has 0 radical (unpaired) electrons. The van der Waals surface area contributed by atoms with Crippen LogP contribution in [-0.2, 0) is 6.42 Å². The zero-order chi connectivity index (χ0) is 14.5. The van der Waals surface area contributed by atoms with Crippen LogP contribution in [0.1, 0.15) is 43.1 Å². The highest BCUT2D eigenvalue weighted by Gasteiger charge is 2.32. The number of nitrogens with two attached hydrogens (primary N) is 1. The lowest BCUT2D eigenvalue weighted by Crippen LogP contribution is -2.30. The predicted molar refractivity (Wildman–Crippen MR) is 84.5 cm³/mol. The maximum atomic E-state index is 6.34. The van der Waals surface area contributed by atoms with Crippen molar-refractivity contribution < 1.29 is 0 Å². The number of hydrogen-bond donors (Lipinski definition) is 1. The molecule has 1 aliphatic rings. The van der Waals surface area contributed by atoms with E-state index in [0.717, 1.165) is 17.9 Å². The van der Waals surface area contributed by atoms with Gasteiger partial charge >= 0.3 is 0 Å². The van der Waals surface area contributed by atoms with Crippen molar-refractivity contribution in [1.82, 2.24) is 4.57 Å². The van der Waals surface area contributed by atoms with Gasteiger partial charge in [-0.15, -0.1) is 0 Å². The highest BCUT2D eigenvalue weighted by Crippen LogP contribution is 2.41. The van der Waals surface area contributed by atoms with E-state index in [4.69, 9.17) is 17.3 Å². The molecule has 2 nitrogen and oxygen atoms in total. The molecule has 0 saturated heterocycles. The van der Waals surface area contributed by atoms with Crippen LogP contribution in [0.4, 0.5) is 0 Å². The first-order valence-corrected chi connectivity index (χ1v) is 7.47. The number of rotatable bonds is 1. The maximum absolute atomic E-state index is 6.34. The molecule has 1 aliphatic carbocycles. The average molecular weight is 289 g/mol. The fraction of sp³-hybridized carbons (Fsp3) is 0.412. The normalized spacial score (nSPS) is 20.8. The Morgan fingerprint density at radius 2 is 2.05 bits per heavy atom. The summed E-state index contributed by atoms with van der Waals surface area (Å²) < 4.78 is 2.28. The van der Waals surface area contributed by atoms with Gasteiger partial charge in [-0.2, -0.15) is 0 Å². The van der Waals surface area contributed by atoms with Crippen LogP contribution >= 0.6 is 11.6 Å². The zero-order valence-corrected chi connectivity index (χ0v) is 13.0. The fourth-order valence-electron chi connectivity index (χ4n) is 3.35. The third-order valence-electron chi connectivity index (χ3n) is 4.26. The van der Waals surface area contributed by atoms with Gasteiger partial charge in [-0.05, 0) is 60.6 Å². The molecule has 1 aromatic carbocycles. The Hall–Kier alpha value is -1.25. The SMILES string of the molecule is Cc1cc(Cl)ccc1-n1ccc2c1CC(C)(C)CC2N. The van der Waals surface area contributed by atoms with Crippen LogP contribution in [0.25, 0.3) is 5.69 Å². The van der Waals surface area contributed by atoms with Crippen LogP contribution in [0.2, 0.25) is 5.02 Å². The Morgan fingerprint density at radius 1 is 1.30 bits per heavy atom. The van der Waals surface area contributed by atoms with Crippen LogP contribution in [-0.4, -0.2) is 4.57 Å². The van der Waals surface area contributed by atoms with Gasteiger partial charge in [0.05, 0.1) is 0 Å². The van der Waals surface area contributed by atoms with Gasteiger partial charge in [0.25, 0.3) is 0 Å². The molecule has 0 bridgehead atoms. The molecule has 2 N–H and O–H groups in total. The third kappa shape index (κ3) is 2.27. The second-order valence-corrected chi connectivity index (χ2v) is 7.11. The van der Waals surface area contributed by atoms with E-state index in [1.807, 2.05) is 12.1 Å². The summed E-state index contributed by atoms with van der Waals surface area (Å²) in [6.07, 6.45) is 4.25. The summed E-state index contributed by atoms with van der Waals surface area (Å²) in [5.74, 6) is 0.